The van der Waals surface area contributed by atoms with Crippen molar-refractivity contribution in [3.05, 3.63) is 23.3 Å². The van der Waals surface area contributed by atoms with Crippen LogP contribution in [0.25, 0.3) is 0 Å². The van der Waals surface area contributed by atoms with Gasteiger partial charge in [0.05, 0.1) is 7.11 Å². The molecule has 0 amide bonds. The largest absolute Gasteiger partial charge is 0.495 e. The number of methoxy groups -OCH3 is 1. The third-order valence-corrected chi connectivity index (χ3v) is 4.32. The Kier molecular flexibility index (Phi) is 3.80. The van der Waals surface area contributed by atoms with Gasteiger partial charge in [0.2, 0.25) is 0 Å². The Bertz CT molecular complexity index is 607. The molecule has 1 aromatic carbocycles. The Labute approximate surface area is 114 Å². The number of fused-ring (bicyclic) bond motifs is 1. The van der Waals surface area contributed by atoms with Crippen LogP contribution in [0.2, 0.25) is 0 Å². The second kappa shape index (κ2) is 5.21. The normalized spacial score (nSPS) is 14.7. The van der Waals surface area contributed by atoms with Crippen LogP contribution in [-0.4, -0.2) is 40.9 Å². The molecule has 2 rings (SSSR count). The van der Waals surface area contributed by atoms with E-state index in [1.165, 1.54) is 19.0 Å². The summed E-state index contributed by atoms with van der Waals surface area (Å²) >= 11 is 0. The lowest BCUT2D eigenvalue weighted by atomic mass is 10.1. The molecule has 0 fully saturated rings. The van der Waals surface area contributed by atoms with Crippen molar-refractivity contribution in [1.82, 2.24) is 4.90 Å². The Hall–Kier alpha value is -1.56. The van der Waals surface area contributed by atoms with Crippen LogP contribution in [0.5, 0.6) is 5.75 Å². The minimum Gasteiger partial charge on any atom is -0.495 e. The molecule has 0 atom stereocenters. The summed E-state index contributed by atoms with van der Waals surface area (Å²) in [6.07, 6.45) is 4.23. The van der Waals surface area contributed by atoms with Crippen molar-refractivity contribution in [2.24, 2.45) is 4.40 Å². The SMILES string of the molecule is COc1cc2c(cc1S(=O)(=O)/N=C/N(C)C)CCC2. The summed E-state index contributed by atoms with van der Waals surface area (Å²) in [5.74, 6) is 0.372. The molecule has 6 heteroatoms. The van der Waals surface area contributed by atoms with E-state index in [1.807, 2.05) is 6.07 Å². The molecule has 0 spiro atoms. The van der Waals surface area contributed by atoms with E-state index in [0.717, 1.165) is 24.8 Å². The maximum absolute atomic E-state index is 12.2. The first-order chi connectivity index (χ1) is 8.94. The number of ether oxygens (including phenoxy) is 1. The molecule has 0 heterocycles. The van der Waals surface area contributed by atoms with E-state index in [1.54, 1.807) is 25.1 Å². The molecule has 1 aliphatic carbocycles. The van der Waals surface area contributed by atoms with Crippen LogP contribution in [0, 0.1) is 0 Å². The average Bonchev–Trinajstić information content (AvgIpc) is 2.82. The summed E-state index contributed by atoms with van der Waals surface area (Å²) in [6.45, 7) is 0. The number of aryl methyl sites for hydroxylation is 2. The molecule has 0 saturated carbocycles. The zero-order valence-electron chi connectivity index (χ0n) is 11.4. The zero-order valence-corrected chi connectivity index (χ0v) is 12.2. The second-order valence-electron chi connectivity index (χ2n) is 4.78. The molecule has 0 saturated heterocycles. The Morgan fingerprint density at radius 3 is 2.47 bits per heavy atom. The van der Waals surface area contributed by atoms with Crippen LogP contribution >= 0.6 is 0 Å². The van der Waals surface area contributed by atoms with Crippen LogP contribution in [-0.2, 0) is 22.9 Å². The fourth-order valence-corrected chi connectivity index (χ4v) is 3.27. The smallest absolute Gasteiger partial charge is 0.287 e. The van der Waals surface area contributed by atoms with Crippen molar-refractivity contribution < 1.29 is 13.2 Å². The maximum Gasteiger partial charge on any atom is 0.287 e. The molecule has 1 aliphatic rings. The number of nitrogens with zero attached hydrogens (tertiary/aromatic N) is 2. The van der Waals surface area contributed by atoms with Crippen molar-refractivity contribution in [2.75, 3.05) is 21.2 Å². The van der Waals surface area contributed by atoms with Crippen molar-refractivity contribution in [3.8, 4) is 5.75 Å². The molecule has 0 bridgehead atoms. The van der Waals surface area contributed by atoms with Gasteiger partial charge in [-0.05, 0) is 42.5 Å². The van der Waals surface area contributed by atoms with E-state index in [0.29, 0.717) is 5.75 Å². The van der Waals surface area contributed by atoms with Gasteiger partial charge in [0.1, 0.15) is 17.0 Å². The molecule has 0 unspecified atom stereocenters. The topological polar surface area (TPSA) is 59.0 Å². The lowest BCUT2D eigenvalue weighted by molar-refractivity contribution is 0.402. The van der Waals surface area contributed by atoms with E-state index in [4.69, 9.17) is 4.74 Å². The van der Waals surface area contributed by atoms with Gasteiger partial charge in [0.25, 0.3) is 10.0 Å². The van der Waals surface area contributed by atoms with Crippen molar-refractivity contribution in [2.45, 2.75) is 24.2 Å². The fraction of sp³-hybridized carbons (Fsp3) is 0.462. The van der Waals surface area contributed by atoms with Crippen molar-refractivity contribution in [1.29, 1.82) is 0 Å². The van der Waals surface area contributed by atoms with Gasteiger partial charge in [-0.15, -0.1) is 4.40 Å². The van der Waals surface area contributed by atoms with Crippen LogP contribution in [0.15, 0.2) is 21.4 Å². The zero-order chi connectivity index (χ0) is 14.0. The fourth-order valence-electron chi connectivity index (χ4n) is 2.15. The Morgan fingerprint density at radius 2 is 1.89 bits per heavy atom. The van der Waals surface area contributed by atoms with E-state index >= 15 is 0 Å². The van der Waals surface area contributed by atoms with Gasteiger partial charge < -0.3 is 9.64 Å². The van der Waals surface area contributed by atoms with E-state index < -0.39 is 10.0 Å². The molecule has 0 aromatic heterocycles. The molecule has 104 valence electrons. The van der Waals surface area contributed by atoms with Gasteiger partial charge in [-0.2, -0.15) is 8.42 Å². The minimum absolute atomic E-state index is 0.147. The molecule has 0 aliphatic heterocycles. The predicted molar refractivity (Wildman–Crippen MR) is 74.4 cm³/mol. The molecule has 1 aromatic rings. The molecule has 5 nitrogen and oxygen atoms in total. The van der Waals surface area contributed by atoms with Crippen LogP contribution in [0.1, 0.15) is 17.5 Å². The van der Waals surface area contributed by atoms with Gasteiger partial charge in [-0.3, -0.25) is 0 Å². The van der Waals surface area contributed by atoms with E-state index in [9.17, 15) is 8.42 Å². The summed E-state index contributed by atoms with van der Waals surface area (Å²) in [5, 5.41) is 0. The quantitative estimate of drug-likeness (QED) is 0.620. The van der Waals surface area contributed by atoms with Gasteiger partial charge in [-0.1, -0.05) is 0 Å². The number of sulfonamides is 1. The summed E-state index contributed by atoms with van der Waals surface area (Å²) in [4.78, 5) is 1.73. The highest BCUT2D eigenvalue weighted by Gasteiger charge is 2.23. The van der Waals surface area contributed by atoms with E-state index in [-0.39, 0.29) is 4.90 Å². The van der Waals surface area contributed by atoms with Gasteiger partial charge in [0.15, 0.2) is 0 Å². The monoisotopic (exact) mass is 282 g/mol. The molecular weight excluding hydrogens is 264 g/mol. The lowest BCUT2D eigenvalue weighted by Gasteiger charge is -2.10. The first-order valence-electron chi connectivity index (χ1n) is 6.11. The molecule has 19 heavy (non-hydrogen) atoms. The van der Waals surface area contributed by atoms with Gasteiger partial charge in [-0.25, -0.2) is 0 Å². The average molecular weight is 282 g/mol. The lowest BCUT2D eigenvalue weighted by Crippen LogP contribution is -2.11. The highest BCUT2D eigenvalue weighted by atomic mass is 32.2. The van der Waals surface area contributed by atoms with E-state index in [2.05, 4.69) is 4.40 Å². The molecule has 0 N–H and O–H groups in total. The second-order valence-corrected chi connectivity index (χ2v) is 6.39. The van der Waals surface area contributed by atoms with Crippen LogP contribution in [0.4, 0.5) is 0 Å². The van der Waals surface area contributed by atoms with Crippen LogP contribution in [0.3, 0.4) is 0 Å². The van der Waals surface area contributed by atoms with Crippen molar-refractivity contribution >= 4 is 16.4 Å². The third-order valence-electron chi connectivity index (χ3n) is 3.07. The summed E-state index contributed by atoms with van der Waals surface area (Å²) in [5.41, 5.74) is 2.26. The standard InChI is InChI=1S/C13H18N2O3S/c1-15(2)9-14-19(16,17)13-8-11-6-4-5-10(11)7-12(13)18-3/h7-9H,4-6H2,1-3H3/b14-9+. The summed E-state index contributed by atoms with van der Waals surface area (Å²) in [7, 11) is 1.20. The maximum atomic E-state index is 12.2. The number of benzene rings is 1. The Balaban J connectivity index is 2.49. The number of hydrogen-bond acceptors (Lipinski definition) is 3. The highest BCUT2D eigenvalue weighted by Crippen LogP contribution is 2.33. The first-order valence-corrected chi connectivity index (χ1v) is 7.55. The van der Waals surface area contributed by atoms with Crippen molar-refractivity contribution in [3.63, 3.8) is 0 Å². The highest BCUT2D eigenvalue weighted by molar-refractivity contribution is 7.90. The predicted octanol–water partition coefficient (Wildman–Crippen LogP) is 1.46. The summed E-state index contributed by atoms with van der Waals surface area (Å²) in [6, 6.07) is 3.52. The third kappa shape index (κ3) is 2.89. The number of hydrogen-bond donors (Lipinski definition) is 0. The first kappa shape index (κ1) is 13.9. The number of rotatable bonds is 4. The molecular formula is C13H18N2O3S. The van der Waals surface area contributed by atoms with Gasteiger partial charge >= 0.3 is 0 Å². The minimum atomic E-state index is -3.72. The Morgan fingerprint density at radius 1 is 1.26 bits per heavy atom. The summed E-state index contributed by atoms with van der Waals surface area (Å²) < 4.78 is 33.3. The van der Waals surface area contributed by atoms with Gasteiger partial charge in [0, 0.05) is 14.1 Å². The molecule has 0 radical (unpaired) electrons. The van der Waals surface area contributed by atoms with Crippen LogP contribution < -0.4 is 4.74 Å².